The highest BCUT2D eigenvalue weighted by molar-refractivity contribution is 5.85. The Morgan fingerprint density at radius 3 is 2.73 bits per heavy atom. The molecule has 2 heterocycles. The molecule has 4 aromatic rings. The van der Waals surface area contributed by atoms with Gasteiger partial charge >= 0.3 is 0 Å². The summed E-state index contributed by atoms with van der Waals surface area (Å²) in [6.45, 7) is 2.05. The molecule has 5 rings (SSSR count). The summed E-state index contributed by atoms with van der Waals surface area (Å²) in [7, 11) is 2.13. The smallest absolute Gasteiger partial charge is 0.113 e. The van der Waals surface area contributed by atoms with Crippen molar-refractivity contribution in [3.63, 3.8) is 0 Å². The number of para-hydroxylation sites is 2. The molecular formula is C23H21N3. The molecule has 26 heavy (non-hydrogen) atoms. The van der Waals surface area contributed by atoms with Crippen LogP contribution in [-0.4, -0.2) is 14.5 Å². The molecule has 2 aromatic carbocycles. The Kier molecular flexibility index (Phi) is 3.42. The zero-order valence-corrected chi connectivity index (χ0v) is 15.1. The van der Waals surface area contributed by atoms with E-state index in [0.717, 1.165) is 17.5 Å². The first-order chi connectivity index (χ1) is 12.8. The van der Waals surface area contributed by atoms with Crippen LogP contribution in [0.15, 0.2) is 60.7 Å². The van der Waals surface area contributed by atoms with Crippen LogP contribution >= 0.6 is 0 Å². The van der Waals surface area contributed by atoms with E-state index in [4.69, 9.17) is 9.97 Å². The minimum Gasteiger partial charge on any atom is -0.331 e. The molecule has 0 bridgehead atoms. The fourth-order valence-electron chi connectivity index (χ4n) is 4.00. The topological polar surface area (TPSA) is 30.7 Å². The van der Waals surface area contributed by atoms with E-state index < -0.39 is 0 Å². The van der Waals surface area contributed by atoms with Crippen LogP contribution in [0.25, 0.3) is 28.0 Å². The lowest BCUT2D eigenvalue weighted by molar-refractivity contribution is 0.800. The van der Waals surface area contributed by atoms with Crippen molar-refractivity contribution in [1.82, 2.24) is 14.5 Å². The Bertz CT molecular complexity index is 1150. The molecule has 1 aliphatic carbocycles. The van der Waals surface area contributed by atoms with Gasteiger partial charge in [0.25, 0.3) is 0 Å². The summed E-state index contributed by atoms with van der Waals surface area (Å²) >= 11 is 0. The lowest BCUT2D eigenvalue weighted by Crippen LogP contribution is -1.97. The zero-order chi connectivity index (χ0) is 17.7. The molecule has 1 aliphatic rings. The number of fused-ring (bicyclic) bond motifs is 2. The van der Waals surface area contributed by atoms with E-state index >= 15 is 0 Å². The van der Waals surface area contributed by atoms with Crippen LogP contribution in [0.5, 0.6) is 0 Å². The highest BCUT2D eigenvalue weighted by atomic mass is 15.1. The minimum atomic E-state index is 0.458. The van der Waals surface area contributed by atoms with E-state index in [1.165, 1.54) is 28.0 Å². The summed E-state index contributed by atoms with van der Waals surface area (Å²) in [4.78, 5) is 9.91. The number of allylic oxidation sites excluding steroid dienone is 1. The quantitative estimate of drug-likeness (QED) is 0.498. The number of hydrogen-bond donors (Lipinski definition) is 0. The third-order valence-corrected chi connectivity index (χ3v) is 5.45. The lowest BCUT2D eigenvalue weighted by Gasteiger charge is -2.04. The number of rotatable bonds is 3. The summed E-state index contributed by atoms with van der Waals surface area (Å²) in [5.41, 5.74) is 5.76. The zero-order valence-electron chi connectivity index (χ0n) is 15.1. The summed E-state index contributed by atoms with van der Waals surface area (Å²) in [6.07, 6.45) is 5.33. The average Bonchev–Trinajstić information content (AvgIpc) is 3.40. The van der Waals surface area contributed by atoms with Gasteiger partial charge in [-0.2, -0.15) is 0 Å². The minimum absolute atomic E-state index is 0.458. The molecule has 0 spiro atoms. The molecule has 0 N–H and O–H groups in total. The number of pyridine rings is 1. The summed E-state index contributed by atoms with van der Waals surface area (Å²) < 4.78 is 2.26. The van der Waals surface area contributed by atoms with Gasteiger partial charge in [-0.05, 0) is 31.5 Å². The molecule has 0 unspecified atom stereocenters. The Hall–Kier alpha value is -2.94. The third kappa shape index (κ3) is 2.35. The van der Waals surface area contributed by atoms with Gasteiger partial charge in [-0.3, -0.25) is 4.98 Å². The van der Waals surface area contributed by atoms with Crippen LogP contribution in [0.4, 0.5) is 0 Å². The molecule has 128 valence electrons. The lowest BCUT2D eigenvalue weighted by atomic mass is 10.1. The van der Waals surface area contributed by atoms with Crippen molar-refractivity contribution in [2.75, 3.05) is 0 Å². The molecule has 3 nitrogen and oxygen atoms in total. The number of aryl methyl sites for hydroxylation is 1. The van der Waals surface area contributed by atoms with Gasteiger partial charge in [0.1, 0.15) is 5.82 Å². The molecule has 1 fully saturated rings. The predicted octanol–water partition coefficient (Wildman–Crippen LogP) is 5.43. The van der Waals surface area contributed by atoms with E-state index in [-0.39, 0.29) is 0 Å². The Morgan fingerprint density at radius 2 is 1.85 bits per heavy atom. The maximum Gasteiger partial charge on any atom is 0.113 e. The van der Waals surface area contributed by atoms with Crippen molar-refractivity contribution >= 4 is 28.0 Å². The van der Waals surface area contributed by atoms with Gasteiger partial charge in [0.05, 0.1) is 16.6 Å². The average molecular weight is 339 g/mol. The van der Waals surface area contributed by atoms with Crippen LogP contribution < -0.4 is 0 Å². The van der Waals surface area contributed by atoms with Gasteiger partial charge in [-0.25, -0.2) is 4.98 Å². The van der Waals surface area contributed by atoms with Gasteiger partial charge < -0.3 is 4.57 Å². The number of aromatic nitrogens is 3. The standard InChI is InChI=1S/C23H21N3/c1-3-7-16-9-6-11-21-22(16)25-23(26(21)2)18-14-17(18)20-13-12-15-8-4-5-10-19(15)24-20/h3-13,17-18H,14H2,1-2H3/b7-3-/t17-,18-/m0/s1. The van der Waals surface area contributed by atoms with Crippen molar-refractivity contribution in [3.8, 4) is 0 Å². The Morgan fingerprint density at radius 1 is 0.962 bits per heavy atom. The fourth-order valence-corrected chi connectivity index (χ4v) is 4.00. The second kappa shape index (κ2) is 5.80. The molecule has 2 aromatic heterocycles. The molecule has 0 amide bonds. The van der Waals surface area contributed by atoms with Gasteiger partial charge in [0.15, 0.2) is 0 Å². The van der Waals surface area contributed by atoms with Crippen LogP contribution in [0, 0.1) is 0 Å². The first-order valence-electron chi connectivity index (χ1n) is 9.20. The van der Waals surface area contributed by atoms with E-state index in [0.29, 0.717) is 11.8 Å². The molecule has 1 saturated carbocycles. The van der Waals surface area contributed by atoms with E-state index in [9.17, 15) is 0 Å². The third-order valence-electron chi connectivity index (χ3n) is 5.45. The van der Waals surface area contributed by atoms with E-state index in [1.54, 1.807) is 0 Å². The summed E-state index contributed by atoms with van der Waals surface area (Å²) in [6, 6.07) is 19.1. The van der Waals surface area contributed by atoms with Crippen molar-refractivity contribution in [3.05, 3.63) is 77.8 Å². The van der Waals surface area contributed by atoms with Gasteiger partial charge in [-0.15, -0.1) is 0 Å². The fraction of sp³-hybridized carbons (Fsp3) is 0.217. The first-order valence-corrected chi connectivity index (χ1v) is 9.20. The van der Waals surface area contributed by atoms with Crippen molar-refractivity contribution in [1.29, 1.82) is 0 Å². The SMILES string of the molecule is C/C=C\c1cccc2c1nc([C@H]1C[C@@H]1c1ccc3ccccc3n1)n2C. The van der Waals surface area contributed by atoms with Crippen LogP contribution in [0.3, 0.4) is 0 Å². The van der Waals surface area contributed by atoms with Crippen LogP contribution in [0.2, 0.25) is 0 Å². The summed E-state index contributed by atoms with van der Waals surface area (Å²) in [5.74, 6) is 2.11. The van der Waals surface area contributed by atoms with Gasteiger partial charge in [0, 0.05) is 35.5 Å². The van der Waals surface area contributed by atoms with E-state index in [1.807, 2.05) is 6.92 Å². The number of hydrogen-bond acceptors (Lipinski definition) is 2. The Balaban J connectivity index is 1.53. The van der Waals surface area contributed by atoms with Gasteiger partial charge in [-0.1, -0.05) is 48.6 Å². The van der Waals surface area contributed by atoms with Crippen molar-refractivity contribution in [2.45, 2.75) is 25.2 Å². The molecule has 0 saturated heterocycles. The summed E-state index contributed by atoms with van der Waals surface area (Å²) in [5, 5.41) is 1.20. The number of benzene rings is 2. The van der Waals surface area contributed by atoms with Gasteiger partial charge in [0.2, 0.25) is 0 Å². The largest absolute Gasteiger partial charge is 0.331 e. The molecule has 3 heteroatoms. The Labute approximate surface area is 153 Å². The highest BCUT2D eigenvalue weighted by Gasteiger charge is 2.43. The molecule has 0 radical (unpaired) electrons. The normalized spacial score (nSPS) is 19.6. The second-order valence-corrected chi connectivity index (χ2v) is 7.12. The second-order valence-electron chi connectivity index (χ2n) is 7.12. The van der Waals surface area contributed by atoms with Crippen LogP contribution in [0.1, 0.15) is 42.3 Å². The van der Waals surface area contributed by atoms with Crippen LogP contribution in [-0.2, 0) is 7.05 Å². The highest BCUT2D eigenvalue weighted by Crippen LogP contribution is 2.54. The monoisotopic (exact) mass is 339 g/mol. The van der Waals surface area contributed by atoms with Crippen molar-refractivity contribution in [2.24, 2.45) is 7.05 Å². The van der Waals surface area contributed by atoms with E-state index in [2.05, 4.69) is 78.4 Å². The molecular weight excluding hydrogens is 318 g/mol. The molecule has 0 aliphatic heterocycles. The molecule has 2 atom stereocenters. The number of nitrogens with zero attached hydrogens (tertiary/aromatic N) is 3. The predicted molar refractivity (Wildman–Crippen MR) is 107 cm³/mol. The maximum atomic E-state index is 5.01. The van der Waals surface area contributed by atoms with Crippen molar-refractivity contribution < 1.29 is 0 Å². The first kappa shape index (κ1) is 15.3. The number of imidazole rings is 1. The maximum absolute atomic E-state index is 5.01.